The third-order valence-corrected chi connectivity index (χ3v) is 4.52. The Bertz CT molecular complexity index is 730. The summed E-state index contributed by atoms with van der Waals surface area (Å²) in [6, 6.07) is 8.88. The quantitative estimate of drug-likeness (QED) is 0.927. The van der Waals surface area contributed by atoms with Gasteiger partial charge in [0.2, 0.25) is 10.0 Å². The van der Waals surface area contributed by atoms with Crippen molar-refractivity contribution in [2.75, 3.05) is 4.72 Å². The molecule has 19 heavy (non-hydrogen) atoms. The fourth-order valence-corrected chi connectivity index (χ4v) is 3.01. The number of nitrogens with one attached hydrogen (secondary N) is 1. The molecule has 1 aromatic carbocycles. The third kappa shape index (κ3) is 2.66. The van der Waals surface area contributed by atoms with Crippen LogP contribution in [0.3, 0.4) is 0 Å². The first-order chi connectivity index (χ1) is 9.08. The SMILES string of the molecule is CCC(C#N)S(=O)(=O)Nc1cccc2ccncc12. The molecule has 0 amide bonds. The Hall–Kier alpha value is -2.13. The number of nitriles is 1. The summed E-state index contributed by atoms with van der Waals surface area (Å²) in [5.41, 5.74) is 0.444. The lowest BCUT2D eigenvalue weighted by molar-refractivity contribution is 0.593. The van der Waals surface area contributed by atoms with E-state index in [0.717, 1.165) is 5.39 Å². The van der Waals surface area contributed by atoms with Crippen LogP contribution < -0.4 is 4.72 Å². The molecule has 6 heteroatoms. The summed E-state index contributed by atoms with van der Waals surface area (Å²) in [6.07, 6.45) is 3.49. The van der Waals surface area contributed by atoms with E-state index in [1.54, 1.807) is 43.6 Å². The molecule has 1 aromatic heterocycles. The summed E-state index contributed by atoms with van der Waals surface area (Å²) in [6.45, 7) is 1.66. The third-order valence-electron chi connectivity index (χ3n) is 2.83. The minimum Gasteiger partial charge on any atom is -0.282 e. The van der Waals surface area contributed by atoms with E-state index in [1.807, 2.05) is 6.07 Å². The highest BCUT2D eigenvalue weighted by atomic mass is 32.2. The molecule has 0 aliphatic carbocycles. The molecular weight excluding hydrogens is 262 g/mol. The second-order valence-electron chi connectivity index (χ2n) is 4.08. The van der Waals surface area contributed by atoms with Gasteiger partial charge in [0.05, 0.1) is 11.8 Å². The highest BCUT2D eigenvalue weighted by Crippen LogP contribution is 2.24. The van der Waals surface area contributed by atoms with Crippen LogP contribution in [0.5, 0.6) is 0 Å². The van der Waals surface area contributed by atoms with Gasteiger partial charge >= 0.3 is 0 Å². The number of rotatable bonds is 4. The van der Waals surface area contributed by atoms with Crippen molar-refractivity contribution in [1.82, 2.24) is 4.98 Å². The zero-order valence-corrected chi connectivity index (χ0v) is 11.2. The fraction of sp³-hybridized carbons (Fsp3) is 0.231. The molecule has 1 unspecified atom stereocenters. The van der Waals surface area contributed by atoms with E-state index < -0.39 is 15.3 Å². The van der Waals surface area contributed by atoms with Crippen molar-refractivity contribution in [3.63, 3.8) is 0 Å². The first-order valence-corrected chi connectivity index (χ1v) is 7.37. The molecule has 0 spiro atoms. The summed E-state index contributed by atoms with van der Waals surface area (Å²) >= 11 is 0. The molecule has 5 nitrogen and oxygen atoms in total. The number of fused-ring (bicyclic) bond motifs is 1. The zero-order valence-electron chi connectivity index (χ0n) is 10.4. The standard InChI is InChI=1S/C13H13N3O2S/c1-2-11(8-14)19(17,18)16-13-5-3-4-10-6-7-15-9-12(10)13/h3-7,9,11,16H,2H2,1H3. The summed E-state index contributed by atoms with van der Waals surface area (Å²) in [7, 11) is -3.71. The molecule has 0 saturated carbocycles. The first-order valence-electron chi connectivity index (χ1n) is 5.82. The molecule has 1 N–H and O–H groups in total. The lowest BCUT2D eigenvalue weighted by atomic mass is 10.1. The van der Waals surface area contributed by atoms with Gasteiger partial charge in [-0.1, -0.05) is 19.1 Å². The number of anilines is 1. The summed E-state index contributed by atoms with van der Waals surface area (Å²) in [5.74, 6) is 0. The number of hydrogen-bond donors (Lipinski definition) is 1. The van der Waals surface area contributed by atoms with E-state index in [2.05, 4.69) is 9.71 Å². The van der Waals surface area contributed by atoms with E-state index in [1.165, 1.54) is 0 Å². The van der Waals surface area contributed by atoms with Crippen LogP contribution in [0, 0.1) is 11.3 Å². The van der Waals surface area contributed by atoms with E-state index in [0.29, 0.717) is 11.1 Å². The second kappa shape index (κ2) is 5.24. The second-order valence-corrected chi connectivity index (χ2v) is 5.94. The summed E-state index contributed by atoms with van der Waals surface area (Å²) in [4.78, 5) is 3.99. The van der Waals surface area contributed by atoms with Crippen molar-refractivity contribution >= 4 is 26.5 Å². The van der Waals surface area contributed by atoms with E-state index >= 15 is 0 Å². The van der Waals surface area contributed by atoms with Gasteiger partial charge in [-0.05, 0) is 23.9 Å². The van der Waals surface area contributed by atoms with Gasteiger partial charge in [0.25, 0.3) is 0 Å². The Balaban J connectivity index is 2.45. The van der Waals surface area contributed by atoms with Crippen molar-refractivity contribution in [3.05, 3.63) is 36.7 Å². The van der Waals surface area contributed by atoms with Crippen LogP contribution in [0.4, 0.5) is 5.69 Å². The average Bonchev–Trinajstić information content (AvgIpc) is 2.40. The maximum atomic E-state index is 12.1. The van der Waals surface area contributed by atoms with Crippen LogP contribution in [-0.4, -0.2) is 18.7 Å². The van der Waals surface area contributed by atoms with Gasteiger partial charge in [0.1, 0.15) is 0 Å². The van der Waals surface area contributed by atoms with Gasteiger partial charge in [-0.2, -0.15) is 5.26 Å². The largest absolute Gasteiger partial charge is 0.282 e. The fourth-order valence-electron chi connectivity index (χ4n) is 1.81. The topological polar surface area (TPSA) is 82.8 Å². The number of benzene rings is 1. The highest BCUT2D eigenvalue weighted by molar-refractivity contribution is 7.93. The van der Waals surface area contributed by atoms with Gasteiger partial charge in [-0.3, -0.25) is 9.71 Å². The number of nitrogens with zero attached hydrogens (tertiary/aromatic N) is 2. The van der Waals surface area contributed by atoms with Crippen molar-refractivity contribution < 1.29 is 8.42 Å². The number of aromatic nitrogens is 1. The first kappa shape index (κ1) is 13.3. The highest BCUT2D eigenvalue weighted by Gasteiger charge is 2.23. The zero-order chi connectivity index (χ0) is 13.9. The van der Waals surface area contributed by atoms with Crippen LogP contribution in [0.1, 0.15) is 13.3 Å². The van der Waals surface area contributed by atoms with Gasteiger partial charge in [0, 0.05) is 17.8 Å². The summed E-state index contributed by atoms with van der Waals surface area (Å²) in [5, 5.41) is 9.41. The van der Waals surface area contributed by atoms with Crippen molar-refractivity contribution in [3.8, 4) is 6.07 Å². The maximum Gasteiger partial charge on any atom is 0.249 e. The molecule has 0 fully saturated rings. The smallest absolute Gasteiger partial charge is 0.249 e. The average molecular weight is 275 g/mol. The molecule has 0 radical (unpaired) electrons. The van der Waals surface area contributed by atoms with Crippen molar-refractivity contribution in [1.29, 1.82) is 5.26 Å². The molecule has 1 atom stereocenters. The van der Waals surface area contributed by atoms with Crippen LogP contribution in [0.15, 0.2) is 36.7 Å². The van der Waals surface area contributed by atoms with Gasteiger partial charge < -0.3 is 0 Å². The van der Waals surface area contributed by atoms with Crippen LogP contribution >= 0.6 is 0 Å². The van der Waals surface area contributed by atoms with Crippen molar-refractivity contribution in [2.24, 2.45) is 0 Å². The molecule has 98 valence electrons. The number of pyridine rings is 1. The van der Waals surface area contributed by atoms with Crippen molar-refractivity contribution in [2.45, 2.75) is 18.6 Å². The Morgan fingerprint density at radius 2 is 2.21 bits per heavy atom. The Morgan fingerprint density at radius 1 is 1.42 bits per heavy atom. The predicted molar refractivity (Wildman–Crippen MR) is 74.0 cm³/mol. The van der Waals surface area contributed by atoms with Crippen LogP contribution in [-0.2, 0) is 10.0 Å². The molecule has 2 rings (SSSR count). The molecule has 0 saturated heterocycles. The maximum absolute atomic E-state index is 12.1. The van der Waals surface area contributed by atoms with E-state index in [-0.39, 0.29) is 6.42 Å². The number of hydrogen-bond acceptors (Lipinski definition) is 4. The van der Waals surface area contributed by atoms with Gasteiger partial charge in [0.15, 0.2) is 5.25 Å². The molecule has 0 bridgehead atoms. The van der Waals surface area contributed by atoms with Gasteiger partial charge in [-0.25, -0.2) is 8.42 Å². The number of sulfonamides is 1. The molecule has 2 aromatic rings. The lowest BCUT2D eigenvalue weighted by Crippen LogP contribution is -2.26. The minimum absolute atomic E-state index is 0.245. The van der Waals surface area contributed by atoms with Crippen LogP contribution in [0.2, 0.25) is 0 Å². The molecule has 1 heterocycles. The predicted octanol–water partition coefficient (Wildman–Crippen LogP) is 2.28. The molecule has 0 aliphatic heterocycles. The van der Waals surface area contributed by atoms with Gasteiger partial charge in [-0.15, -0.1) is 0 Å². The van der Waals surface area contributed by atoms with Crippen LogP contribution in [0.25, 0.3) is 10.8 Å². The lowest BCUT2D eigenvalue weighted by Gasteiger charge is -2.12. The Kier molecular flexibility index (Phi) is 3.67. The summed E-state index contributed by atoms with van der Waals surface area (Å²) < 4.78 is 26.6. The van der Waals surface area contributed by atoms with E-state index in [9.17, 15) is 8.42 Å². The molecular formula is C13H13N3O2S. The van der Waals surface area contributed by atoms with E-state index in [4.69, 9.17) is 5.26 Å². The normalized spacial score (nSPS) is 12.8. The Morgan fingerprint density at radius 3 is 2.89 bits per heavy atom. The minimum atomic E-state index is -3.71. The Labute approximate surface area is 111 Å². The molecule has 0 aliphatic rings. The monoisotopic (exact) mass is 275 g/mol.